The van der Waals surface area contributed by atoms with Gasteiger partial charge >= 0.3 is 0 Å². The Morgan fingerprint density at radius 2 is 1.77 bits per heavy atom. The van der Waals surface area contributed by atoms with E-state index in [4.69, 9.17) is 5.11 Å². The Bertz CT molecular complexity index is 124. The molecule has 1 atom stereocenters. The van der Waals surface area contributed by atoms with Crippen molar-refractivity contribution in [1.29, 1.82) is 0 Å². The molecule has 0 aromatic carbocycles. The first-order chi connectivity index (χ1) is 6.09. The van der Waals surface area contributed by atoms with Crippen LogP contribution in [-0.4, -0.2) is 24.2 Å². The smallest absolute Gasteiger partial charge is 0.223 e. The van der Waals surface area contributed by atoms with Gasteiger partial charge in [0, 0.05) is 12.5 Å². The number of carbonyl (C=O) groups is 1. The highest BCUT2D eigenvalue weighted by Crippen LogP contribution is 2.08. The first kappa shape index (κ1) is 14.9. The Kier molecular flexibility index (Phi) is 10.9. The maximum atomic E-state index is 11.1. The number of carbonyl (C=O) groups excluding carboxylic acids is 1. The van der Waals surface area contributed by atoms with Crippen LogP contribution in [0.15, 0.2) is 0 Å². The highest BCUT2D eigenvalue weighted by molar-refractivity contribution is 5.78. The van der Waals surface area contributed by atoms with E-state index in [1.807, 2.05) is 34.6 Å². The fourth-order valence-electron chi connectivity index (χ4n) is 0.643. The van der Waals surface area contributed by atoms with E-state index in [0.29, 0.717) is 12.5 Å². The second kappa shape index (κ2) is 9.52. The molecule has 0 radical (unpaired) electrons. The number of amides is 1. The molecule has 0 aliphatic heterocycles. The van der Waals surface area contributed by atoms with Gasteiger partial charge in [0.15, 0.2) is 0 Å². The number of aliphatic hydroxyl groups is 1. The van der Waals surface area contributed by atoms with Crippen LogP contribution in [0, 0.1) is 11.8 Å². The van der Waals surface area contributed by atoms with Gasteiger partial charge in [-0.05, 0) is 5.92 Å². The molecule has 0 spiro atoms. The third kappa shape index (κ3) is 7.78. The predicted octanol–water partition coefficient (Wildman–Crippen LogP) is 1.41. The van der Waals surface area contributed by atoms with Crippen LogP contribution in [-0.2, 0) is 4.79 Å². The first-order valence-electron chi connectivity index (χ1n) is 4.98. The molecule has 0 heterocycles. The molecule has 3 heteroatoms. The van der Waals surface area contributed by atoms with Crippen LogP contribution in [0.5, 0.6) is 0 Å². The van der Waals surface area contributed by atoms with Gasteiger partial charge in [-0.15, -0.1) is 0 Å². The van der Waals surface area contributed by atoms with Gasteiger partial charge in [-0.25, -0.2) is 0 Å². The summed E-state index contributed by atoms with van der Waals surface area (Å²) in [6.45, 7) is 10.3. The van der Waals surface area contributed by atoms with Crippen molar-refractivity contribution < 1.29 is 9.90 Å². The zero-order valence-corrected chi connectivity index (χ0v) is 9.42. The molecule has 0 aliphatic carbocycles. The van der Waals surface area contributed by atoms with Crippen molar-refractivity contribution in [2.24, 2.45) is 11.8 Å². The first-order valence-corrected chi connectivity index (χ1v) is 4.98. The molecule has 1 unspecified atom stereocenters. The Morgan fingerprint density at radius 3 is 2.08 bits per heavy atom. The Labute approximate surface area is 81.5 Å². The minimum Gasteiger partial charge on any atom is -0.395 e. The molecule has 0 rings (SSSR count). The van der Waals surface area contributed by atoms with E-state index >= 15 is 0 Å². The van der Waals surface area contributed by atoms with E-state index in [-0.39, 0.29) is 18.4 Å². The fraction of sp³-hybridized carbons (Fsp3) is 0.900. The van der Waals surface area contributed by atoms with Crippen LogP contribution >= 0.6 is 0 Å². The molecule has 13 heavy (non-hydrogen) atoms. The highest BCUT2D eigenvalue weighted by Gasteiger charge is 2.15. The minimum absolute atomic E-state index is 0.0105. The average Bonchev–Trinajstić information content (AvgIpc) is 2.16. The van der Waals surface area contributed by atoms with Crippen molar-refractivity contribution in [3.8, 4) is 0 Å². The van der Waals surface area contributed by atoms with Crippen molar-refractivity contribution in [3.05, 3.63) is 0 Å². The lowest BCUT2D eigenvalue weighted by Gasteiger charge is -2.14. The van der Waals surface area contributed by atoms with E-state index in [0.717, 1.165) is 0 Å². The molecule has 1 amide bonds. The predicted molar refractivity (Wildman–Crippen MR) is 55.4 cm³/mol. The van der Waals surface area contributed by atoms with Crippen LogP contribution in [0.25, 0.3) is 0 Å². The second-order valence-corrected chi connectivity index (χ2v) is 3.05. The van der Waals surface area contributed by atoms with Crippen molar-refractivity contribution in [2.45, 2.75) is 34.6 Å². The van der Waals surface area contributed by atoms with E-state index in [9.17, 15) is 4.79 Å². The maximum Gasteiger partial charge on any atom is 0.223 e. The molecular weight excluding hydrogens is 166 g/mol. The summed E-state index contributed by atoms with van der Waals surface area (Å²) in [5.74, 6) is 0.407. The zero-order valence-electron chi connectivity index (χ0n) is 9.42. The minimum atomic E-state index is 0.0105. The van der Waals surface area contributed by atoms with Crippen LogP contribution < -0.4 is 5.32 Å². The van der Waals surface area contributed by atoms with Gasteiger partial charge in [0.2, 0.25) is 5.91 Å². The molecule has 0 saturated heterocycles. The number of hydrogen-bond acceptors (Lipinski definition) is 2. The summed E-state index contributed by atoms with van der Waals surface area (Å²) in [6, 6.07) is 0. The molecule has 0 fully saturated rings. The van der Waals surface area contributed by atoms with Crippen molar-refractivity contribution in [3.63, 3.8) is 0 Å². The molecule has 0 aromatic heterocycles. The third-order valence-electron chi connectivity index (χ3n) is 1.82. The number of nitrogens with one attached hydrogen (secondary N) is 1. The van der Waals surface area contributed by atoms with Gasteiger partial charge in [-0.1, -0.05) is 34.6 Å². The SMILES string of the molecule is CC.CC(C)C(C)C(=O)NCCO. The van der Waals surface area contributed by atoms with Crippen LogP contribution in [0.2, 0.25) is 0 Å². The Hall–Kier alpha value is -0.570. The molecule has 2 N–H and O–H groups in total. The van der Waals surface area contributed by atoms with E-state index in [2.05, 4.69) is 5.32 Å². The molecule has 80 valence electrons. The lowest BCUT2D eigenvalue weighted by molar-refractivity contribution is -0.125. The molecule has 0 aliphatic rings. The van der Waals surface area contributed by atoms with Crippen molar-refractivity contribution >= 4 is 5.91 Å². The van der Waals surface area contributed by atoms with Crippen molar-refractivity contribution in [2.75, 3.05) is 13.2 Å². The van der Waals surface area contributed by atoms with E-state index in [1.165, 1.54) is 0 Å². The lowest BCUT2D eigenvalue weighted by Crippen LogP contribution is -2.33. The average molecular weight is 189 g/mol. The maximum absolute atomic E-state index is 11.1. The number of rotatable bonds is 4. The molecule has 3 nitrogen and oxygen atoms in total. The Balaban J connectivity index is 0. The highest BCUT2D eigenvalue weighted by atomic mass is 16.3. The molecule has 0 aromatic rings. The fourth-order valence-corrected chi connectivity index (χ4v) is 0.643. The number of hydrogen-bond donors (Lipinski definition) is 2. The zero-order chi connectivity index (χ0) is 10.9. The summed E-state index contributed by atoms with van der Waals surface area (Å²) >= 11 is 0. The van der Waals surface area contributed by atoms with Gasteiger partial charge in [0.25, 0.3) is 0 Å². The van der Waals surface area contributed by atoms with Gasteiger partial charge in [0.1, 0.15) is 0 Å². The normalized spacial score (nSPS) is 11.6. The Morgan fingerprint density at radius 1 is 1.31 bits per heavy atom. The largest absolute Gasteiger partial charge is 0.395 e. The van der Waals surface area contributed by atoms with Crippen LogP contribution in [0.1, 0.15) is 34.6 Å². The molecule has 0 bridgehead atoms. The second-order valence-electron chi connectivity index (χ2n) is 3.05. The summed E-state index contributed by atoms with van der Waals surface area (Å²) in [5, 5.41) is 11.0. The van der Waals surface area contributed by atoms with Gasteiger partial charge in [0.05, 0.1) is 6.61 Å². The van der Waals surface area contributed by atoms with Crippen LogP contribution in [0.3, 0.4) is 0 Å². The number of aliphatic hydroxyl groups excluding tert-OH is 1. The summed E-state index contributed by atoms with van der Waals surface area (Å²) in [5.41, 5.74) is 0. The van der Waals surface area contributed by atoms with Gasteiger partial charge in [-0.3, -0.25) is 4.79 Å². The summed E-state index contributed by atoms with van der Waals surface area (Å²) in [7, 11) is 0. The molecular formula is C10H23NO2. The van der Waals surface area contributed by atoms with Gasteiger partial charge in [-0.2, -0.15) is 0 Å². The summed E-state index contributed by atoms with van der Waals surface area (Å²) < 4.78 is 0. The van der Waals surface area contributed by atoms with E-state index in [1.54, 1.807) is 0 Å². The molecule has 0 saturated carbocycles. The standard InChI is InChI=1S/C8H17NO2.C2H6/c1-6(2)7(3)8(11)9-4-5-10;1-2/h6-7,10H,4-5H2,1-3H3,(H,9,11);1-2H3. The third-order valence-corrected chi connectivity index (χ3v) is 1.82. The summed E-state index contributed by atoms with van der Waals surface area (Å²) in [6.07, 6.45) is 0. The van der Waals surface area contributed by atoms with Crippen LogP contribution in [0.4, 0.5) is 0 Å². The van der Waals surface area contributed by atoms with E-state index < -0.39 is 0 Å². The van der Waals surface area contributed by atoms with Gasteiger partial charge < -0.3 is 10.4 Å². The lowest BCUT2D eigenvalue weighted by atomic mass is 9.97. The monoisotopic (exact) mass is 189 g/mol. The summed E-state index contributed by atoms with van der Waals surface area (Å²) in [4.78, 5) is 11.1. The quantitative estimate of drug-likeness (QED) is 0.702. The van der Waals surface area contributed by atoms with Crippen molar-refractivity contribution in [1.82, 2.24) is 5.32 Å². The topological polar surface area (TPSA) is 49.3 Å².